The number of benzene rings is 3. The summed E-state index contributed by atoms with van der Waals surface area (Å²) >= 11 is 0. The van der Waals surface area contributed by atoms with Crippen LogP contribution in [0.3, 0.4) is 0 Å². The minimum atomic E-state index is -0.458. The van der Waals surface area contributed by atoms with Gasteiger partial charge >= 0.3 is 0 Å². The van der Waals surface area contributed by atoms with E-state index in [9.17, 15) is 10.4 Å². The Labute approximate surface area is 248 Å². The largest absolute Gasteiger partial charge is 0.508 e. The maximum absolute atomic E-state index is 17.3. The molecule has 4 atom stereocenters. The maximum atomic E-state index is 17.3. The number of halogens is 1. The van der Waals surface area contributed by atoms with Gasteiger partial charge < -0.3 is 9.67 Å². The molecule has 6 aromatic rings. The van der Waals surface area contributed by atoms with Gasteiger partial charge in [0.05, 0.1) is 23.5 Å². The molecule has 0 saturated heterocycles. The van der Waals surface area contributed by atoms with Crippen LogP contribution in [0.4, 0.5) is 4.39 Å². The van der Waals surface area contributed by atoms with Crippen LogP contribution in [-0.4, -0.2) is 24.6 Å². The van der Waals surface area contributed by atoms with E-state index in [1.165, 1.54) is 6.42 Å². The SMILES string of the molecule is Cc1cnc(-c2nc3c(F)c(-c4cc(O)cc5ccccc45)c(CCC#N)cc3c3c2cc(C)n3[C@@H]2[C@@H](C)C3C[C@@H]32)cn1. The molecule has 0 bridgehead atoms. The molecule has 2 fully saturated rings. The predicted octanol–water partition coefficient (Wildman–Crippen LogP) is 8.21. The number of phenolic OH excluding ortho intramolecular Hbond substituents is 1. The van der Waals surface area contributed by atoms with Gasteiger partial charge in [-0.05, 0) is 90.6 Å². The van der Waals surface area contributed by atoms with Crippen LogP contribution in [-0.2, 0) is 6.42 Å². The third-order valence-corrected chi connectivity index (χ3v) is 9.77. The molecule has 3 aromatic heterocycles. The summed E-state index contributed by atoms with van der Waals surface area (Å²) in [6.45, 7) is 6.34. The zero-order chi connectivity index (χ0) is 29.6. The van der Waals surface area contributed by atoms with Gasteiger partial charge in [-0.2, -0.15) is 5.26 Å². The highest BCUT2D eigenvalue weighted by atomic mass is 19.1. The van der Waals surface area contributed by atoms with Gasteiger partial charge in [0.1, 0.15) is 22.7 Å². The molecule has 0 radical (unpaired) electrons. The lowest BCUT2D eigenvalue weighted by Crippen LogP contribution is -2.30. The minimum Gasteiger partial charge on any atom is -0.508 e. The van der Waals surface area contributed by atoms with Crippen molar-refractivity contribution in [2.75, 3.05) is 0 Å². The summed E-state index contributed by atoms with van der Waals surface area (Å²) in [6, 6.07) is 17.7. The van der Waals surface area contributed by atoms with Gasteiger partial charge in [0.25, 0.3) is 0 Å². The summed E-state index contributed by atoms with van der Waals surface area (Å²) in [5, 5.41) is 23.5. The zero-order valence-corrected chi connectivity index (χ0v) is 24.3. The van der Waals surface area contributed by atoms with Crippen molar-refractivity contribution in [3.63, 3.8) is 0 Å². The van der Waals surface area contributed by atoms with Crippen LogP contribution in [0.2, 0.25) is 0 Å². The van der Waals surface area contributed by atoms with Gasteiger partial charge in [-0.15, -0.1) is 0 Å². The number of hydrogen-bond donors (Lipinski definition) is 1. The van der Waals surface area contributed by atoms with E-state index in [2.05, 4.69) is 40.5 Å². The Kier molecular flexibility index (Phi) is 5.61. The molecular weight excluding hydrogens is 537 g/mol. The topological polar surface area (TPSA) is 87.6 Å². The molecule has 0 amide bonds. The summed E-state index contributed by atoms with van der Waals surface area (Å²) in [5.74, 6) is 1.56. The highest BCUT2D eigenvalue weighted by Crippen LogP contribution is 2.67. The number of aromatic nitrogens is 4. The first-order valence-electron chi connectivity index (χ1n) is 14.9. The second-order valence-corrected chi connectivity index (χ2v) is 12.3. The summed E-state index contributed by atoms with van der Waals surface area (Å²) in [4.78, 5) is 14.1. The van der Waals surface area contributed by atoms with E-state index in [4.69, 9.17) is 4.98 Å². The molecule has 3 aromatic carbocycles. The van der Waals surface area contributed by atoms with E-state index in [0.717, 1.165) is 49.9 Å². The Bertz CT molecular complexity index is 2160. The van der Waals surface area contributed by atoms with Crippen LogP contribution >= 0.6 is 0 Å². The average Bonchev–Trinajstić information content (AvgIpc) is 3.64. The third-order valence-electron chi connectivity index (χ3n) is 9.77. The summed E-state index contributed by atoms with van der Waals surface area (Å²) in [5.41, 5.74) is 6.02. The molecule has 1 N–H and O–H groups in total. The van der Waals surface area contributed by atoms with Crippen molar-refractivity contribution in [1.29, 1.82) is 5.26 Å². The number of pyridine rings is 1. The second kappa shape index (κ2) is 9.34. The standard InChI is InChI=1S/C36H30FN5O/c1-18-16-40-30(17-39-18)33-28-11-19(2)42(35-20(3)25-15-27(25)35)36(28)29-13-22(8-6-10-38)31(32(37)34(29)41-33)26-14-23(43)12-21-7-4-5-9-24(21)26/h4-5,7,9,11-14,16-17,20,25,27,35,43H,6,8,15H2,1-3H3/t20-,25?,27-,35+/m0/s1. The van der Waals surface area contributed by atoms with Crippen LogP contribution in [0.15, 0.2) is 60.9 Å². The predicted molar refractivity (Wildman–Crippen MR) is 166 cm³/mol. The fraction of sp³-hybridized carbons (Fsp3) is 0.278. The van der Waals surface area contributed by atoms with Crippen LogP contribution in [0, 0.1) is 48.7 Å². The molecule has 8 rings (SSSR count). The Morgan fingerprint density at radius 2 is 1.86 bits per heavy atom. The molecule has 0 aliphatic heterocycles. The zero-order valence-electron chi connectivity index (χ0n) is 24.3. The van der Waals surface area contributed by atoms with Crippen LogP contribution in [0.5, 0.6) is 5.75 Å². The fourth-order valence-corrected chi connectivity index (χ4v) is 7.69. The molecule has 2 saturated carbocycles. The molecule has 3 heterocycles. The van der Waals surface area contributed by atoms with Crippen LogP contribution in [0.25, 0.3) is 55.1 Å². The van der Waals surface area contributed by atoms with Crippen molar-refractivity contribution in [3.05, 3.63) is 83.7 Å². The molecule has 212 valence electrons. The second-order valence-electron chi connectivity index (χ2n) is 12.3. The van der Waals surface area contributed by atoms with E-state index in [-0.39, 0.29) is 17.7 Å². The molecule has 0 spiro atoms. The monoisotopic (exact) mass is 567 g/mol. The number of nitrogens with zero attached hydrogens (tertiary/aromatic N) is 5. The highest BCUT2D eigenvalue weighted by Gasteiger charge is 2.60. The summed E-state index contributed by atoms with van der Waals surface area (Å²) < 4.78 is 19.7. The lowest BCUT2D eigenvalue weighted by atomic mass is 9.80. The van der Waals surface area contributed by atoms with Crippen molar-refractivity contribution < 1.29 is 9.50 Å². The number of fused-ring (bicyclic) bond motifs is 5. The lowest BCUT2D eigenvalue weighted by Gasteiger charge is -2.36. The molecule has 2 aliphatic carbocycles. The van der Waals surface area contributed by atoms with Crippen LogP contribution in [0.1, 0.15) is 42.8 Å². The Balaban J connectivity index is 1.51. The van der Waals surface area contributed by atoms with E-state index < -0.39 is 5.82 Å². The van der Waals surface area contributed by atoms with Crippen LogP contribution < -0.4 is 0 Å². The quantitative estimate of drug-likeness (QED) is 0.227. The Morgan fingerprint density at radius 3 is 2.60 bits per heavy atom. The van der Waals surface area contributed by atoms with Gasteiger partial charge in [0.2, 0.25) is 0 Å². The maximum Gasteiger partial charge on any atom is 0.157 e. The smallest absolute Gasteiger partial charge is 0.157 e. The van der Waals surface area contributed by atoms with Gasteiger partial charge in [0, 0.05) is 40.7 Å². The van der Waals surface area contributed by atoms with E-state index in [1.807, 2.05) is 37.3 Å². The van der Waals surface area contributed by atoms with Crippen molar-refractivity contribution in [1.82, 2.24) is 19.5 Å². The minimum absolute atomic E-state index is 0.0564. The summed E-state index contributed by atoms with van der Waals surface area (Å²) in [7, 11) is 0. The van der Waals surface area contributed by atoms with E-state index in [0.29, 0.717) is 46.8 Å². The van der Waals surface area contributed by atoms with Gasteiger partial charge in [-0.1, -0.05) is 31.2 Å². The van der Waals surface area contributed by atoms with Gasteiger partial charge in [-0.25, -0.2) is 9.37 Å². The first-order chi connectivity index (χ1) is 20.9. The first-order valence-corrected chi connectivity index (χ1v) is 14.9. The number of aromatic hydroxyl groups is 1. The first kappa shape index (κ1) is 25.8. The average molecular weight is 568 g/mol. The molecule has 2 aliphatic rings. The van der Waals surface area contributed by atoms with E-state index in [1.54, 1.807) is 24.5 Å². The normalized spacial score (nSPS) is 20.7. The van der Waals surface area contributed by atoms with Crippen molar-refractivity contribution in [3.8, 4) is 34.3 Å². The number of phenols is 1. The highest BCUT2D eigenvalue weighted by molar-refractivity contribution is 6.12. The summed E-state index contributed by atoms with van der Waals surface area (Å²) in [6.07, 6.45) is 5.28. The van der Waals surface area contributed by atoms with Crippen molar-refractivity contribution in [2.24, 2.45) is 17.8 Å². The molecule has 1 unspecified atom stereocenters. The molecule has 6 nitrogen and oxygen atoms in total. The fourth-order valence-electron chi connectivity index (χ4n) is 7.69. The van der Waals surface area contributed by atoms with Crippen molar-refractivity contribution >= 4 is 32.6 Å². The number of rotatable bonds is 5. The molecular formula is C36H30FN5O. The van der Waals surface area contributed by atoms with Gasteiger partial charge in [-0.3, -0.25) is 9.97 Å². The third kappa shape index (κ3) is 3.79. The van der Waals surface area contributed by atoms with Gasteiger partial charge in [0.15, 0.2) is 5.82 Å². The Morgan fingerprint density at radius 1 is 1.02 bits per heavy atom. The van der Waals surface area contributed by atoms with E-state index >= 15 is 4.39 Å². The Hall–Kier alpha value is -4.83. The lowest BCUT2D eigenvalue weighted by molar-refractivity contribution is 0.182. The number of nitriles is 1. The number of hydrogen-bond acceptors (Lipinski definition) is 5. The number of aryl methyl sites for hydroxylation is 3. The van der Waals surface area contributed by atoms with Crippen molar-refractivity contribution in [2.45, 2.75) is 46.1 Å². The molecule has 43 heavy (non-hydrogen) atoms. The molecule has 7 heteroatoms.